The fourth-order valence-electron chi connectivity index (χ4n) is 1.51. The molecule has 84 valence electrons. The van der Waals surface area contributed by atoms with E-state index in [0.29, 0.717) is 6.04 Å². The summed E-state index contributed by atoms with van der Waals surface area (Å²) >= 11 is 1.96. The van der Waals surface area contributed by atoms with Crippen LogP contribution in [0.4, 0.5) is 0 Å². The molecule has 0 aliphatic carbocycles. The highest BCUT2D eigenvalue weighted by Gasteiger charge is 2.23. The first-order valence-corrected chi connectivity index (χ1v) is 6.47. The molecule has 4 nitrogen and oxygen atoms in total. The van der Waals surface area contributed by atoms with E-state index in [9.17, 15) is 0 Å². The third-order valence-electron chi connectivity index (χ3n) is 2.43. The van der Waals surface area contributed by atoms with Crippen molar-refractivity contribution >= 4 is 11.8 Å². The van der Waals surface area contributed by atoms with E-state index in [2.05, 4.69) is 41.3 Å². The van der Waals surface area contributed by atoms with Crippen molar-refractivity contribution in [2.24, 2.45) is 0 Å². The van der Waals surface area contributed by atoms with E-state index in [1.807, 2.05) is 11.8 Å². The normalized spacial score (nSPS) is 23.0. The zero-order valence-corrected chi connectivity index (χ0v) is 10.3. The molecular formula is C10H18N4S. The lowest BCUT2D eigenvalue weighted by atomic mass is 9.96. The Morgan fingerprint density at radius 1 is 1.40 bits per heavy atom. The predicted molar refractivity (Wildman–Crippen MR) is 63.2 cm³/mol. The number of thioether (sulfide) groups is 1. The van der Waals surface area contributed by atoms with Gasteiger partial charge < -0.3 is 5.32 Å². The number of aromatic amines is 1. The molecule has 1 aliphatic heterocycles. The van der Waals surface area contributed by atoms with Gasteiger partial charge in [0.15, 0.2) is 5.82 Å². The van der Waals surface area contributed by atoms with Crippen molar-refractivity contribution < 1.29 is 0 Å². The largest absolute Gasteiger partial charge is 0.306 e. The second-order valence-electron chi connectivity index (χ2n) is 4.88. The summed E-state index contributed by atoms with van der Waals surface area (Å²) < 4.78 is 0. The molecule has 1 fully saturated rings. The van der Waals surface area contributed by atoms with Gasteiger partial charge in [-0.1, -0.05) is 20.8 Å². The summed E-state index contributed by atoms with van der Waals surface area (Å²) in [5.41, 5.74) is 0.0244. The van der Waals surface area contributed by atoms with Crippen LogP contribution in [0.25, 0.3) is 0 Å². The van der Waals surface area contributed by atoms with Crippen LogP contribution in [0.15, 0.2) is 0 Å². The van der Waals surface area contributed by atoms with Gasteiger partial charge in [-0.2, -0.15) is 16.9 Å². The first-order chi connectivity index (χ1) is 7.07. The minimum absolute atomic E-state index is 0.0244. The van der Waals surface area contributed by atoms with Gasteiger partial charge in [-0.05, 0) is 0 Å². The monoisotopic (exact) mass is 226 g/mol. The third-order valence-corrected chi connectivity index (χ3v) is 3.49. The molecule has 0 aromatic carbocycles. The number of H-pyrrole nitrogens is 1. The summed E-state index contributed by atoms with van der Waals surface area (Å²) in [5.74, 6) is 4.15. The van der Waals surface area contributed by atoms with Crippen LogP contribution in [-0.2, 0) is 5.41 Å². The van der Waals surface area contributed by atoms with E-state index in [0.717, 1.165) is 23.9 Å². The van der Waals surface area contributed by atoms with E-state index in [1.165, 1.54) is 5.75 Å². The van der Waals surface area contributed by atoms with Gasteiger partial charge in [0.2, 0.25) is 0 Å². The average Bonchev–Trinajstić information content (AvgIpc) is 2.67. The lowest BCUT2D eigenvalue weighted by Crippen LogP contribution is -2.31. The van der Waals surface area contributed by atoms with E-state index in [4.69, 9.17) is 0 Å². The Balaban J connectivity index is 2.12. The van der Waals surface area contributed by atoms with Gasteiger partial charge in [0.25, 0.3) is 0 Å². The van der Waals surface area contributed by atoms with Crippen LogP contribution < -0.4 is 5.32 Å². The first kappa shape index (κ1) is 11.0. The fourth-order valence-corrected chi connectivity index (χ4v) is 2.45. The lowest BCUT2D eigenvalue weighted by molar-refractivity contribution is 0.541. The second kappa shape index (κ2) is 4.14. The highest BCUT2D eigenvalue weighted by Crippen LogP contribution is 2.22. The van der Waals surface area contributed by atoms with Crippen LogP contribution in [0.2, 0.25) is 0 Å². The number of aromatic nitrogens is 3. The molecule has 1 saturated heterocycles. The Morgan fingerprint density at radius 2 is 2.20 bits per heavy atom. The number of hydrogen-bond acceptors (Lipinski definition) is 4. The molecule has 1 unspecified atom stereocenters. The van der Waals surface area contributed by atoms with Gasteiger partial charge in [0.1, 0.15) is 5.82 Å². The third kappa shape index (κ3) is 2.52. The van der Waals surface area contributed by atoms with Crippen LogP contribution >= 0.6 is 11.8 Å². The molecule has 1 aliphatic rings. The van der Waals surface area contributed by atoms with E-state index in [1.54, 1.807) is 0 Å². The minimum Gasteiger partial charge on any atom is -0.306 e. The van der Waals surface area contributed by atoms with Crippen molar-refractivity contribution in [2.45, 2.75) is 32.2 Å². The summed E-state index contributed by atoms with van der Waals surface area (Å²) in [5, 5.41) is 10.8. The van der Waals surface area contributed by atoms with Crippen LogP contribution in [0.5, 0.6) is 0 Å². The Bertz CT molecular complexity index is 322. The molecule has 1 aromatic rings. The number of rotatable bonds is 1. The Kier molecular flexibility index (Phi) is 3.02. The molecule has 0 saturated carbocycles. The van der Waals surface area contributed by atoms with Crippen molar-refractivity contribution in [2.75, 3.05) is 18.1 Å². The average molecular weight is 226 g/mol. The van der Waals surface area contributed by atoms with Crippen molar-refractivity contribution in [3.63, 3.8) is 0 Å². The molecule has 2 heterocycles. The maximum absolute atomic E-state index is 4.56. The molecule has 5 heteroatoms. The molecule has 15 heavy (non-hydrogen) atoms. The molecule has 0 spiro atoms. The molecule has 0 bridgehead atoms. The number of nitrogens with zero attached hydrogens (tertiary/aromatic N) is 2. The highest BCUT2D eigenvalue weighted by atomic mass is 32.2. The topological polar surface area (TPSA) is 53.6 Å². The standard InChI is InChI=1S/C10H18N4S/c1-10(2,3)9-12-8(13-14-9)7-6-15-5-4-11-7/h7,11H,4-6H2,1-3H3,(H,12,13,14). The minimum atomic E-state index is 0.0244. The van der Waals surface area contributed by atoms with Crippen molar-refractivity contribution in [3.8, 4) is 0 Å². The maximum atomic E-state index is 4.56. The number of nitrogens with one attached hydrogen (secondary N) is 2. The summed E-state index contributed by atoms with van der Waals surface area (Å²) in [6, 6.07) is 0.340. The molecule has 0 radical (unpaired) electrons. The smallest absolute Gasteiger partial charge is 0.156 e. The van der Waals surface area contributed by atoms with Gasteiger partial charge in [-0.25, -0.2) is 4.98 Å². The van der Waals surface area contributed by atoms with E-state index in [-0.39, 0.29) is 5.41 Å². The summed E-state index contributed by atoms with van der Waals surface area (Å²) in [4.78, 5) is 4.56. The fraction of sp³-hybridized carbons (Fsp3) is 0.800. The zero-order chi connectivity index (χ0) is 10.9. The van der Waals surface area contributed by atoms with Crippen LogP contribution in [-0.4, -0.2) is 33.2 Å². The molecule has 1 atom stereocenters. The molecule has 0 amide bonds. The Hall–Kier alpha value is -0.550. The second-order valence-corrected chi connectivity index (χ2v) is 6.03. The van der Waals surface area contributed by atoms with E-state index < -0.39 is 0 Å². The molecular weight excluding hydrogens is 208 g/mol. The van der Waals surface area contributed by atoms with Crippen molar-refractivity contribution in [3.05, 3.63) is 11.6 Å². The van der Waals surface area contributed by atoms with Gasteiger partial charge in [-0.15, -0.1) is 0 Å². The summed E-state index contributed by atoms with van der Waals surface area (Å²) in [6.45, 7) is 7.44. The lowest BCUT2D eigenvalue weighted by Gasteiger charge is -2.20. The van der Waals surface area contributed by atoms with Crippen molar-refractivity contribution in [1.82, 2.24) is 20.5 Å². The Morgan fingerprint density at radius 3 is 2.73 bits per heavy atom. The van der Waals surface area contributed by atoms with Gasteiger partial charge in [0, 0.05) is 23.5 Å². The SMILES string of the molecule is CC(C)(C)c1n[nH]c(C2CSCCN2)n1. The predicted octanol–water partition coefficient (Wildman–Crippen LogP) is 1.48. The quantitative estimate of drug-likeness (QED) is 0.761. The van der Waals surface area contributed by atoms with Crippen LogP contribution in [0.1, 0.15) is 38.5 Å². The highest BCUT2D eigenvalue weighted by molar-refractivity contribution is 7.99. The van der Waals surface area contributed by atoms with Gasteiger partial charge in [0.05, 0.1) is 6.04 Å². The molecule has 2 N–H and O–H groups in total. The zero-order valence-electron chi connectivity index (χ0n) is 9.50. The van der Waals surface area contributed by atoms with Crippen LogP contribution in [0, 0.1) is 0 Å². The van der Waals surface area contributed by atoms with Gasteiger partial charge in [-0.3, -0.25) is 5.10 Å². The van der Waals surface area contributed by atoms with Gasteiger partial charge >= 0.3 is 0 Å². The molecule has 1 aromatic heterocycles. The summed E-state index contributed by atoms with van der Waals surface area (Å²) in [7, 11) is 0. The van der Waals surface area contributed by atoms with Crippen molar-refractivity contribution in [1.29, 1.82) is 0 Å². The summed E-state index contributed by atoms with van der Waals surface area (Å²) in [6.07, 6.45) is 0. The first-order valence-electron chi connectivity index (χ1n) is 5.31. The Labute approximate surface area is 94.6 Å². The number of hydrogen-bond donors (Lipinski definition) is 2. The maximum Gasteiger partial charge on any atom is 0.156 e. The van der Waals surface area contributed by atoms with E-state index >= 15 is 0 Å². The molecule has 2 rings (SSSR count). The van der Waals surface area contributed by atoms with Crippen LogP contribution in [0.3, 0.4) is 0 Å².